The van der Waals surface area contributed by atoms with Crippen molar-refractivity contribution in [3.05, 3.63) is 65.7 Å². The third kappa shape index (κ3) is 4.99. The van der Waals surface area contributed by atoms with Crippen molar-refractivity contribution < 1.29 is 9.53 Å². The molecule has 0 bridgehead atoms. The average molecular weight is 429 g/mol. The highest BCUT2D eigenvalue weighted by Gasteiger charge is 2.17. The normalized spacial score (nSPS) is 10.6. The molecule has 3 rings (SSSR count). The lowest BCUT2D eigenvalue weighted by Gasteiger charge is -2.11. The van der Waals surface area contributed by atoms with Gasteiger partial charge in [0, 0.05) is 17.3 Å². The first-order valence-electron chi connectivity index (χ1n) is 8.89. The Bertz CT molecular complexity index is 1040. The second-order valence-electron chi connectivity index (χ2n) is 6.21. The Kier molecular flexibility index (Phi) is 6.95. The van der Waals surface area contributed by atoms with E-state index in [4.69, 9.17) is 16.3 Å². The summed E-state index contributed by atoms with van der Waals surface area (Å²) in [5, 5.41) is 12.7. The van der Waals surface area contributed by atoms with E-state index in [1.165, 1.54) is 11.8 Å². The van der Waals surface area contributed by atoms with Crippen molar-refractivity contribution in [2.45, 2.75) is 18.6 Å². The summed E-state index contributed by atoms with van der Waals surface area (Å²) in [6.07, 6.45) is 1.76. The van der Waals surface area contributed by atoms with E-state index < -0.39 is 0 Å². The zero-order valence-corrected chi connectivity index (χ0v) is 17.8. The van der Waals surface area contributed by atoms with Gasteiger partial charge >= 0.3 is 0 Å². The van der Waals surface area contributed by atoms with E-state index in [1.807, 2.05) is 47.9 Å². The summed E-state index contributed by atoms with van der Waals surface area (Å²) in [6, 6.07) is 13.0. The summed E-state index contributed by atoms with van der Waals surface area (Å²) in [4.78, 5) is 12.4. The first kappa shape index (κ1) is 21.0. The van der Waals surface area contributed by atoms with Crippen LogP contribution in [0.2, 0.25) is 5.02 Å². The quantitative estimate of drug-likeness (QED) is 0.411. The van der Waals surface area contributed by atoms with E-state index in [2.05, 4.69) is 22.1 Å². The largest absolute Gasteiger partial charge is 0.496 e. The zero-order chi connectivity index (χ0) is 20.8. The van der Waals surface area contributed by atoms with Crippen LogP contribution in [0.1, 0.15) is 5.56 Å². The second-order valence-corrected chi connectivity index (χ2v) is 7.56. The fourth-order valence-electron chi connectivity index (χ4n) is 2.72. The number of ether oxygens (including phenoxy) is 1. The number of nitrogens with zero attached hydrogens (tertiary/aromatic N) is 3. The topological polar surface area (TPSA) is 69.0 Å². The first-order valence-corrected chi connectivity index (χ1v) is 10.3. The SMILES string of the molecule is C=CCn1c(SCC(=O)Nc2ccc(C)c(Cl)c2)nnc1-c1ccccc1OC. The molecule has 0 aliphatic heterocycles. The highest BCUT2D eigenvalue weighted by molar-refractivity contribution is 7.99. The fraction of sp³-hybridized carbons (Fsp3) is 0.190. The smallest absolute Gasteiger partial charge is 0.234 e. The Balaban J connectivity index is 1.75. The number of carbonyl (C=O) groups excluding carboxylic acids is 1. The summed E-state index contributed by atoms with van der Waals surface area (Å²) in [5.41, 5.74) is 2.45. The van der Waals surface area contributed by atoms with Gasteiger partial charge in [0.25, 0.3) is 0 Å². The minimum absolute atomic E-state index is 0.151. The lowest BCUT2D eigenvalue weighted by Crippen LogP contribution is -2.14. The van der Waals surface area contributed by atoms with Crippen LogP contribution in [0.5, 0.6) is 5.75 Å². The molecular formula is C21H21ClN4O2S. The van der Waals surface area contributed by atoms with Gasteiger partial charge in [0.2, 0.25) is 5.91 Å². The van der Waals surface area contributed by atoms with Crippen LogP contribution in [-0.2, 0) is 11.3 Å². The van der Waals surface area contributed by atoms with Crippen molar-refractivity contribution in [2.24, 2.45) is 0 Å². The number of hydrogen-bond acceptors (Lipinski definition) is 5. The van der Waals surface area contributed by atoms with Gasteiger partial charge < -0.3 is 10.1 Å². The molecule has 1 amide bonds. The summed E-state index contributed by atoms with van der Waals surface area (Å²) >= 11 is 7.42. The molecule has 6 nitrogen and oxygen atoms in total. The molecule has 29 heavy (non-hydrogen) atoms. The number of carbonyl (C=O) groups is 1. The molecule has 0 aliphatic carbocycles. The maximum Gasteiger partial charge on any atom is 0.234 e. The number of methoxy groups -OCH3 is 1. The van der Waals surface area contributed by atoms with Crippen molar-refractivity contribution in [3.8, 4) is 17.1 Å². The van der Waals surface area contributed by atoms with Crippen molar-refractivity contribution >= 4 is 35.0 Å². The minimum Gasteiger partial charge on any atom is -0.496 e. The molecule has 8 heteroatoms. The van der Waals surface area contributed by atoms with E-state index >= 15 is 0 Å². The highest BCUT2D eigenvalue weighted by Crippen LogP contribution is 2.31. The highest BCUT2D eigenvalue weighted by atomic mass is 35.5. The predicted molar refractivity (Wildman–Crippen MR) is 118 cm³/mol. The van der Waals surface area contributed by atoms with Crippen LogP contribution in [0.15, 0.2) is 60.3 Å². The molecule has 0 unspecified atom stereocenters. The standard InChI is InChI=1S/C21H21ClN4O2S/c1-4-11-26-20(16-7-5-6-8-18(16)28-3)24-25-21(26)29-13-19(27)23-15-10-9-14(2)17(22)12-15/h4-10,12H,1,11,13H2,2-3H3,(H,23,27). The van der Waals surface area contributed by atoms with E-state index in [-0.39, 0.29) is 11.7 Å². The van der Waals surface area contributed by atoms with Crippen LogP contribution in [0, 0.1) is 6.92 Å². The molecule has 0 atom stereocenters. The molecule has 0 aliphatic rings. The molecule has 1 N–H and O–H groups in total. The number of rotatable bonds is 8. The maximum atomic E-state index is 12.4. The van der Waals surface area contributed by atoms with Crippen LogP contribution in [-0.4, -0.2) is 33.5 Å². The molecule has 150 valence electrons. The Morgan fingerprint density at radius 2 is 2.10 bits per heavy atom. The number of nitrogens with one attached hydrogen (secondary N) is 1. The van der Waals surface area contributed by atoms with Crippen LogP contribution in [0.25, 0.3) is 11.4 Å². The summed E-state index contributed by atoms with van der Waals surface area (Å²) in [5.74, 6) is 1.40. The second kappa shape index (κ2) is 9.62. The Morgan fingerprint density at radius 3 is 2.83 bits per heavy atom. The molecule has 0 saturated carbocycles. The van der Waals surface area contributed by atoms with Gasteiger partial charge in [-0.1, -0.05) is 47.6 Å². The Morgan fingerprint density at radius 1 is 1.31 bits per heavy atom. The molecule has 0 spiro atoms. The Labute approximate surface area is 178 Å². The van der Waals surface area contributed by atoms with Gasteiger partial charge in [0.1, 0.15) is 5.75 Å². The van der Waals surface area contributed by atoms with Crippen molar-refractivity contribution in [1.29, 1.82) is 0 Å². The van der Waals surface area contributed by atoms with Gasteiger partial charge in [-0.25, -0.2) is 0 Å². The fourth-order valence-corrected chi connectivity index (χ4v) is 3.64. The maximum absolute atomic E-state index is 12.4. The van der Waals surface area contributed by atoms with Gasteiger partial charge in [-0.2, -0.15) is 0 Å². The zero-order valence-electron chi connectivity index (χ0n) is 16.2. The van der Waals surface area contributed by atoms with Crippen molar-refractivity contribution in [3.63, 3.8) is 0 Å². The van der Waals surface area contributed by atoms with Gasteiger partial charge in [-0.15, -0.1) is 16.8 Å². The van der Waals surface area contributed by atoms with E-state index in [0.717, 1.165) is 11.1 Å². The van der Waals surface area contributed by atoms with Crippen LogP contribution >= 0.6 is 23.4 Å². The molecule has 0 fully saturated rings. The number of benzene rings is 2. The third-order valence-corrected chi connectivity index (χ3v) is 5.54. The number of para-hydroxylation sites is 1. The molecular weight excluding hydrogens is 408 g/mol. The molecule has 1 aromatic heterocycles. The third-order valence-electron chi connectivity index (χ3n) is 4.16. The lowest BCUT2D eigenvalue weighted by molar-refractivity contribution is -0.113. The van der Waals surface area contributed by atoms with E-state index in [9.17, 15) is 4.79 Å². The number of amides is 1. The van der Waals surface area contributed by atoms with Crippen molar-refractivity contribution in [1.82, 2.24) is 14.8 Å². The van der Waals surface area contributed by atoms with Gasteiger partial charge in [-0.3, -0.25) is 9.36 Å². The number of thioether (sulfide) groups is 1. The average Bonchev–Trinajstić information content (AvgIpc) is 3.12. The summed E-state index contributed by atoms with van der Waals surface area (Å²) in [7, 11) is 1.62. The van der Waals surface area contributed by atoms with Crippen molar-refractivity contribution in [2.75, 3.05) is 18.2 Å². The number of hydrogen-bond donors (Lipinski definition) is 1. The van der Waals surface area contributed by atoms with Gasteiger partial charge in [-0.05, 0) is 36.8 Å². The minimum atomic E-state index is -0.151. The van der Waals surface area contributed by atoms with E-state index in [0.29, 0.717) is 34.0 Å². The van der Waals surface area contributed by atoms with Crippen LogP contribution in [0.3, 0.4) is 0 Å². The van der Waals surface area contributed by atoms with Crippen LogP contribution in [0.4, 0.5) is 5.69 Å². The number of allylic oxidation sites excluding steroid dienone is 1. The molecule has 3 aromatic rings. The number of anilines is 1. The predicted octanol–water partition coefficient (Wildman–Crippen LogP) is 4.83. The number of aryl methyl sites for hydroxylation is 1. The Hall–Kier alpha value is -2.77. The molecule has 2 aromatic carbocycles. The van der Waals surface area contributed by atoms with Crippen LogP contribution < -0.4 is 10.1 Å². The molecule has 1 heterocycles. The lowest BCUT2D eigenvalue weighted by atomic mass is 10.2. The monoisotopic (exact) mass is 428 g/mol. The number of aromatic nitrogens is 3. The first-order chi connectivity index (χ1) is 14.0. The summed E-state index contributed by atoms with van der Waals surface area (Å²) in [6.45, 7) is 6.24. The molecule has 0 saturated heterocycles. The van der Waals surface area contributed by atoms with Gasteiger partial charge in [0.05, 0.1) is 18.4 Å². The summed E-state index contributed by atoms with van der Waals surface area (Å²) < 4.78 is 7.34. The van der Waals surface area contributed by atoms with Gasteiger partial charge in [0.15, 0.2) is 11.0 Å². The van der Waals surface area contributed by atoms with E-state index in [1.54, 1.807) is 19.3 Å². The number of halogens is 1. The molecule has 0 radical (unpaired) electrons.